The van der Waals surface area contributed by atoms with Crippen molar-refractivity contribution < 1.29 is 9.53 Å². The molecule has 3 heteroatoms. The number of methoxy groups -OCH3 is 1. The minimum Gasteiger partial charge on any atom is -0.469 e. The number of benzene rings is 1. The quantitative estimate of drug-likeness (QED) is 0.778. The molecule has 0 N–H and O–H groups in total. The molecule has 0 radical (unpaired) electrons. The highest BCUT2D eigenvalue weighted by atomic mass is 16.5. The van der Waals surface area contributed by atoms with Gasteiger partial charge in [-0.3, -0.25) is 4.79 Å². The second-order valence-corrected chi connectivity index (χ2v) is 4.99. The fourth-order valence-corrected chi connectivity index (χ4v) is 2.41. The summed E-state index contributed by atoms with van der Waals surface area (Å²) in [5.74, 6) is -0.140. The highest BCUT2D eigenvalue weighted by Crippen LogP contribution is 2.28. The Morgan fingerprint density at radius 2 is 2.00 bits per heavy atom. The Kier molecular flexibility index (Phi) is 3.41. The summed E-state index contributed by atoms with van der Waals surface area (Å²) in [4.78, 5) is 11.9. The van der Waals surface area contributed by atoms with Gasteiger partial charge >= 0.3 is 5.97 Å². The molecule has 18 heavy (non-hydrogen) atoms. The number of esters is 1. The summed E-state index contributed by atoms with van der Waals surface area (Å²) in [5, 5.41) is 1.16. The number of ether oxygens (including phenoxy) is 1. The Hall–Kier alpha value is -1.77. The molecule has 96 valence electrons. The zero-order valence-corrected chi connectivity index (χ0v) is 11.3. The molecule has 1 aromatic heterocycles. The molecule has 0 bridgehead atoms. The molecule has 0 fully saturated rings. The first kappa shape index (κ1) is 12.7. The number of carbonyl (C=O) groups excluding carboxylic acids is 1. The summed E-state index contributed by atoms with van der Waals surface area (Å²) < 4.78 is 6.97. The second kappa shape index (κ2) is 4.84. The maximum atomic E-state index is 11.9. The van der Waals surface area contributed by atoms with Crippen molar-refractivity contribution >= 4 is 16.9 Å². The molecule has 0 saturated carbocycles. The van der Waals surface area contributed by atoms with E-state index in [0.29, 0.717) is 0 Å². The predicted octanol–water partition coefficient (Wildman–Crippen LogP) is 3.09. The maximum absolute atomic E-state index is 11.9. The molecule has 1 heterocycles. The van der Waals surface area contributed by atoms with Gasteiger partial charge in [0.25, 0.3) is 0 Å². The largest absolute Gasteiger partial charge is 0.469 e. The second-order valence-electron chi connectivity index (χ2n) is 4.99. The first-order valence-corrected chi connectivity index (χ1v) is 6.17. The third-order valence-corrected chi connectivity index (χ3v) is 3.39. The van der Waals surface area contributed by atoms with Crippen molar-refractivity contribution in [2.75, 3.05) is 7.11 Å². The van der Waals surface area contributed by atoms with E-state index in [0.717, 1.165) is 10.9 Å². The zero-order chi connectivity index (χ0) is 13.3. The molecular formula is C15H19NO2. The first-order valence-electron chi connectivity index (χ1n) is 6.17. The van der Waals surface area contributed by atoms with Gasteiger partial charge in [-0.25, -0.2) is 0 Å². The zero-order valence-electron chi connectivity index (χ0n) is 11.3. The van der Waals surface area contributed by atoms with E-state index in [1.807, 2.05) is 33.2 Å². The van der Waals surface area contributed by atoms with Gasteiger partial charge in [0.1, 0.15) is 0 Å². The van der Waals surface area contributed by atoms with E-state index in [9.17, 15) is 4.79 Å². The average molecular weight is 245 g/mol. The Labute approximate surface area is 107 Å². The normalized spacial score (nSPS) is 12.9. The van der Waals surface area contributed by atoms with Crippen molar-refractivity contribution in [2.45, 2.75) is 19.8 Å². The average Bonchev–Trinajstić information content (AvgIpc) is 2.70. The van der Waals surface area contributed by atoms with E-state index in [1.54, 1.807) is 0 Å². The number of carbonyl (C=O) groups is 1. The van der Waals surface area contributed by atoms with Crippen LogP contribution in [-0.4, -0.2) is 17.6 Å². The highest BCUT2D eigenvalue weighted by molar-refractivity contribution is 5.84. The number of aryl methyl sites for hydroxylation is 1. The molecule has 0 amide bonds. The van der Waals surface area contributed by atoms with Crippen LogP contribution in [0.25, 0.3) is 10.9 Å². The topological polar surface area (TPSA) is 31.2 Å². The summed E-state index contributed by atoms with van der Waals surface area (Å²) in [7, 11) is 3.46. The van der Waals surface area contributed by atoms with Crippen molar-refractivity contribution in [1.82, 2.24) is 4.57 Å². The van der Waals surface area contributed by atoms with E-state index >= 15 is 0 Å². The number of rotatable bonds is 3. The minimum absolute atomic E-state index is 0.166. The van der Waals surface area contributed by atoms with Gasteiger partial charge in [-0.05, 0) is 35.1 Å². The molecule has 2 aromatic rings. The van der Waals surface area contributed by atoms with Crippen LogP contribution in [0.3, 0.4) is 0 Å². The molecule has 0 spiro atoms. The maximum Gasteiger partial charge on any atom is 0.313 e. The van der Waals surface area contributed by atoms with Crippen molar-refractivity contribution in [2.24, 2.45) is 13.0 Å². The lowest BCUT2D eigenvalue weighted by Gasteiger charge is -2.18. The number of fused-ring (bicyclic) bond motifs is 1. The first-order chi connectivity index (χ1) is 8.54. The molecule has 0 aliphatic rings. The molecule has 2 rings (SSSR count). The smallest absolute Gasteiger partial charge is 0.313 e. The van der Waals surface area contributed by atoms with E-state index in [4.69, 9.17) is 4.74 Å². The summed E-state index contributed by atoms with van der Waals surface area (Å²) in [6.45, 7) is 4.08. The summed E-state index contributed by atoms with van der Waals surface area (Å²) >= 11 is 0. The van der Waals surface area contributed by atoms with Gasteiger partial charge in [0.15, 0.2) is 0 Å². The van der Waals surface area contributed by atoms with Crippen molar-refractivity contribution in [3.8, 4) is 0 Å². The van der Waals surface area contributed by atoms with Crippen LogP contribution in [0.1, 0.15) is 25.3 Å². The van der Waals surface area contributed by atoms with Crippen LogP contribution in [-0.2, 0) is 16.6 Å². The number of hydrogen-bond donors (Lipinski definition) is 0. The molecule has 1 atom stereocenters. The van der Waals surface area contributed by atoms with E-state index in [2.05, 4.69) is 22.8 Å². The Morgan fingerprint density at radius 1 is 1.28 bits per heavy atom. The fourth-order valence-electron chi connectivity index (χ4n) is 2.41. The third kappa shape index (κ3) is 2.13. The molecule has 3 nitrogen and oxygen atoms in total. The Balaban J connectivity index is 2.48. The van der Waals surface area contributed by atoms with Crippen LogP contribution in [0.15, 0.2) is 30.5 Å². The monoisotopic (exact) mass is 245 g/mol. The molecule has 0 saturated heterocycles. The van der Waals surface area contributed by atoms with Crippen molar-refractivity contribution in [3.05, 3.63) is 36.0 Å². The van der Waals surface area contributed by atoms with Crippen molar-refractivity contribution in [1.29, 1.82) is 0 Å². The SMILES string of the molecule is COC(=O)C(c1ccc2c(ccn2C)c1)C(C)C. The van der Waals surface area contributed by atoms with E-state index in [1.165, 1.54) is 12.6 Å². The van der Waals surface area contributed by atoms with Gasteiger partial charge in [-0.15, -0.1) is 0 Å². The Morgan fingerprint density at radius 3 is 2.61 bits per heavy atom. The number of aromatic nitrogens is 1. The lowest BCUT2D eigenvalue weighted by molar-refractivity contribution is -0.143. The van der Waals surface area contributed by atoms with Crippen LogP contribution in [0.5, 0.6) is 0 Å². The highest BCUT2D eigenvalue weighted by Gasteiger charge is 2.25. The summed E-state index contributed by atoms with van der Waals surface area (Å²) in [6, 6.07) is 8.22. The van der Waals surface area contributed by atoms with E-state index in [-0.39, 0.29) is 17.8 Å². The summed E-state index contributed by atoms with van der Waals surface area (Å²) in [6.07, 6.45) is 2.02. The standard InChI is InChI=1S/C15H19NO2/c1-10(2)14(15(17)18-4)12-5-6-13-11(9-12)7-8-16(13)3/h5-10,14H,1-4H3. The van der Waals surface area contributed by atoms with Gasteiger partial charge in [0, 0.05) is 18.8 Å². The van der Waals surface area contributed by atoms with E-state index < -0.39 is 0 Å². The fraction of sp³-hybridized carbons (Fsp3) is 0.400. The molecular weight excluding hydrogens is 226 g/mol. The Bertz CT molecular complexity index is 569. The van der Waals surface area contributed by atoms with Crippen molar-refractivity contribution in [3.63, 3.8) is 0 Å². The van der Waals surface area contributed by atoms with Crippen LogP contribution in [0.2, 0.25) is 0 Å². The van der Waals surface area contributed by atoms with Gasteiger partial charge in [0.05, 0.1) is 13.0 Å². The van der Waals surface area contributed by atoms with Crippen LogP contribution >= 0.6 is 0 Å². The van der Waals surface area contributed by atoms with Crippen LogP contribution in [0.4, 0.5) is 0 Å². The number of nitrogens with zero attached hydrogens (tertiary/aromatic N) is 1. The van der Waals surface area contributed by atoms with Gasteiger partial charge in [-0.2, -0.15) is 0 Å². The minimum atomic E-state index is -0.195. The lowest BCUT2D eigenvalue weighted by atomic mass is 9.88. The van der Waals surface area contributed by atoms with Crippen LogP contribution in [0, 0.1) is 5.92 Å². The third-order valence-electron chi connectivity index (χ3n) is 3.39. The molecule has 1 aromatic carbocycles. The summed E-state index contributed by atoms with van der Waals surface area (Å²) in [5.41, 5.74) is 2.20. The van der Waals surface area contributed by atoms with Gasteiger partial charge in [-0.1, -0.05) is 19.9 Å². The molecule has 1 unspecified atom stereocenters. The van der Waals surface area contributed by atoms with Gasteiger partial charge in [0.2, 0.25) is 0 Å². The number of hydrogen-bond acceptors (Lipinski definition) is 2. The lowest BCUT2D eigenvalue weighted by Crippen LogP contribution is -2.19. The predicted molar refractivity (Wildman–Crippen MR) is 72.5 cm³/mol. The van der Waals surface area contributed by atoms with Crippen LogP contribution < -0.4 is 0 Å². The molecule has 0 aliphatic carbocycles. The van der Waals surface area contributed by atoms with Gasteiger partial charge < -0.3 is 9.30 Å². The molecule has 0 aliphatic heterocycles.